The van der Waals surface area contributed by atoms with Crippen LogP contribution in [0, 0.1) is 6.92 Å². The number of aryl methyl sites for hydroxylation is 2. The van der Waals surface area contributed by atoms with Crippen molar-refractivity contribution in [2.75, 3.05) is 11.6 Å². The van der Waals surface area contributed by atoms with E-state index in [4.69, 9.17) is 11.6 Å². The van der Waals surface area contributed by atoms with Crippen molar-refractivity contribution in [2.24, 2.45) is 0 Å². The predicted octanol–water partition coefficient (Wildman–Crippen LogP) is 4.34. The highest BCUT2D eigenvalue weighted by molar-refractivity contribution is 7.98. The van der Waals surface area contributed by atoms with Crippen LogP contribution in [0.15, 0.2) is 34.2 Å². The van der Waals surface area contributed by atoms with E-state index >= 15 is 0 Å². The van der Waals surface area contributed by atoms with Gasteiger partial charge in [-0.1, -0.05) is 36.4 Å². The Hall–Kier alpha value is -1.83. The molecule has 0 aliphatic heterocycles. The fourth-order valence-electron chi connectivity index (χ4n) is 2.58. The van der Waals surface area contributed by atoms with Crippen LogP contribution >= 0.6 is 34.7 Å². The first-order chi connectivity index (χ1) is 12.4. The third kappa shape index (κ3) is 3.79. The number of anilines is 1. The molecule has 1 N–H and O–H groups in total. The summed E-state index contributed by atoms with van der Waals surface area (Å²) < 4.78 is 1.42. The molecule has 0 fully saturated rings. The summed E-state index contributed by atoms with van der Waals surface area (Å²) in [4.78, 5) is 31.8. The summed E-state index contributed by atoms with van der Waals surface area (Å²) in [5.41, 5.74) is 1.35. The minimum Gasteiger partial charge on any atom is -0.324 e. The van der Waals surface area contributed by atoms with Crippen molar-refractivity contribution in [3.8, 4) is 0 Å². The van der Waals surface area contributed by atoms with Crippen LogP contribution in [0.1, 0.15) is 17.4 Å². The van der Waals surface area contributed by atoms with Gasteiger partial charge in [0, 0.05) is 15.6 Å². The smallest absolute Gasteiger partial charge is 0.263 e. The number of carbonyl (C=O) groups excluding carboxylic acids is 1. The van der Waals surface area contributed by atoms with Crippen LogP contribution < -0.4 is 10.9 Å². The van der Waals surface area contributed by atoms with Gasteiger partial charge >= 0.3 is 0 Å². The van der Waals surface area contributed by atoms with Crippen molar-refractivity contribution in [1.82, 2.24) is 9.55 Å². The van der Waals surface area contributed by atoms with Crippen LogP contribution in [0.5, 0.6) is 0 Å². The van der Waals surface area contributed by atoms with Crippen LogP contribution in [0.4, 0.5) is 5.69 Å². The number of nitrogens with zero attached hydrogens (tertiary/aromatic N) is 2. The number of carbonyl (C=O) groups is 1. The van der Waals surface area contributed by atoms with Gasteiger partial charge in [-0.25, -0.2) is 4.98 Å². The van der Waals surface area contributed by atoms with Crippen LogP contribution in [-0.2, 0) is 17.8 Å². The van der Waals surface area contributed by atoms with E-state index in [-0.39, 0.29) is 18.0 Å². The molecule has 1 aromatic carbocycles. The molecule has 8 heteroatoms. The van der Waals surface area contributed by atoms with Crippen LogP contribution in [0.3, 0.4) is 0 Å². The summed E-state index contributed by atoms with van der Waals surface area (Å²) in [5.74, 6) is -0.292. The van der Waals surface area contributed by atoms with Gasteiger partial charge in [0.1, 0.15) is 11.4 Å². The average molecular weight is 408 g/mol. The summed E-state index contributed by atoms with van der Waals surface area (Å²) in [6.07, 6.45) is 2.70. The maximum Gasteiger partial charge on any atom is 0.263 e. The topological polar surface area (TPSA) is 64.0 Å². The number of thioether (sulfide) groups is 1. The van der Waals surface area contributed by atoms with E-state index in [1.165, 1.54) is 27.7 Å². The average Bonchev–Trinajstić information content (AvgIpc) is 3.04. The molecule has 0 aliphatic rings. The number of thiophene rings is 1. The number of rotatable bonds is 5. The van der Waals surface area contributed by atoms with E-state index in [9.17, 15) is 9.59 Å². The molecule has 5 nitrogen and oxygen atoms in total. The Balaban J connectivity index is 1.94. The second kappa shape index (κ2) is 7.82. The van der Waals surface area contributed by atoms with E-state index in [0.29, 0.717) is 21.3 Å². The molecule has 0 spiro atoms. The van der Waals surface area contributed by atoms with Crippen molar-refractivity contribution in [2.45, 2.75) is 32.0 Å². The quantitative estimate of drug-likeness (QED) is 0.504. The van der Waals surface area contributed by atoms with Gasteiger partial charge < -0.3 is 5.32 Å². The van der Waals surface area contributed by atoms with Gasteiger partial charge in [-0.15, -0.1) is 11.3 Å². The highest BCUT2D eigenvalue weighted by atomic mass is 35.5. The van der Waals surface area contributed by atoms with Gasteiger partial charge in [-0.05, 0) is 43.4 Å². The SMILES string of the molecule is CCc1cc2c(=O)n(CC(=O)Nc3cc(Cl)ccc3C)c(SC)nc2s1. The number of benzene rings is 1. The van der Waals surface area contributed by atoms with Crippen molar-refractivity contribution >= 4 is 56.5 Å². The third-order valence-electron chi connectivity index (χ3n) is 3.97. The van der Waals surface area contributed by atoms with Gasteiger partial charge in [0.15, 0.2) is 5.16 Å². The van der Waals surface area contributed by atoms with Gasteiger partial charge in [0.25, 0.3) is 5.56 Å². The zero-order valence-electron chi connectivity index (χ0n) is 14.6. The lowest BCUT2D eigenvalue weighted by Gasteiger charge is -2.12. The minimum absolute atomic E-state index is 0.0960. The van der Waals surface area contributed by atoms with Crippen LogP contribution in [0.2, 0.25) is 5.02 Å². The van der Waals surface area contributed by atoms with Crippen molar-refractivity contribution in [3.05, 3.63) is 50.1 Å². The van der Waals surface area contributed by atoms with Crippen molar-refractivity contribution in [3.63, 3.8) is 0 Å². The van der Waals surface area contributed by atoms with Crippen molar-refractivity contribution < 1.29 is 4.79 Å². The molecule has 26 heavy (non-hydrogen) atoms. The van der Waals surface area contributed by atoms with E-state index in [1.54, 1.807) is 12.1 Å². The van der Waals surface area contributed by atoms with Crippen LogP contribution in [0.25, 0.3) is 10.2 Å². The summed E-state index contributed by atoms with van der Waals surface area (Å²) in [6.45, 7) is 3.83. The zero-order chi connectivity index (χ0) is 18.8. The summed E-state index contributed by atoms with van der Waals surface area (Å²) in [5, 5.41) is 4.47. The van der Waals surface area contributed by atoms with Gasteiger partial charge in [-0.2, -0.15) is 0 Å². The fourth-order valence-corrected chi connectivity index (χ4v) is 4.32. The highest BCUT2D eigenvalue weighted by Gasteiger charge is 2.16. The number of hydrogen-bond acceptors (Lipinski definition) is 5. The molecule has 3 aromatic rings. The zero-order valence-corrected chi connectivity index (χ0v) is 17.0. The molecular formula is C18H18ClN3O2S2. The first-order valence-corrected chi connectivity index (χ1v) is 10.5. The van der Waals surface area contributed by atoms with E-state index in [2.05, 4.69) is 10.3 Å². The lowest BCUT2D eigenvalue weighted by molar-refractivity contribution is -0.116. The number of nitrogens with one attached hydrogen (secondary N) is 1. The fraction of sp³-hybridized carbons (Fsp3) is 0.278. The Labute approximate surface area is 164 Å². The molecule has 0 aliphatic carbocycles. The lowest BCUT2D eigenvalue weighted by atomic mass is 10.2. The van der Waals surface area contributed by atoms with E-state index < -0.39 is 0 Å². The molecule has 136 valence electrons. The maximum atomic E-state index is 12.9. The van der Waals surface area contributed by atoms with E-state index in [0.717, 1.165) is 21.7 Å². The normalized spacial score (nSPS) is 11.1. The first kappa shape index (κ1) is 18.9. The molecule has 0 radical (unpaired) electrons. The number of hydrogen-bond donors (Lipinski definition) is 1. The number of aromatic nitrogens is 2. The molecule has 3 rings (SSSR count). The molecule has 1 amide bonds. The van der Waals surface area contributed by atoms with Gasteiger partial charge in [0.05, 0.1) is 5.39 Å². The maximum absolute atomic E-state index is 12.9. The Morgan fingerprint density at radius 1 is 1.38 bits per heavy atom. The third-order valence-corrected chi connectivity index (χ3v) is 6.06. The first-order valence-electron chi connectivity index (χ1n) is 8.06. The summed E-state index contributed by atoms with van der Waals surface area (Å²) in [6, 6.07) is 7.17. The largest absolute Gasteiger partial charge is 0.324 e. The summed E-state index contributed by atoms with van der Waals surface area (Å²) >= 11 is 8.87. The Morgan fingerprint density at radius 2 is 2.15 bits per heavy atom. The molecule has 0 saturated carbocycles. The van der Waals surface area contributed by atoms with Gasteiger partial charge in [-0.3, -0.25) is 14.2 Å². The highest BCUT2D eigenvalue weighted by Crippen LogP contribution is 2.24. The lowest BCUT2D eigenvalue weighted by Crippen LogP contribution is -2.29. The molecule has 0 bridgehead atoms. The number of amides is 1. The van der Waals surface area contributed by atoms with Crippen LogP contribution in [-0.4, -0.2) is 21.7 Å². The van der Waals surface area contributed by atoms with E-state index in [1.807, 2.05) is 32.2 Å². The molecular weight excluding hydrogens is 390 g/mol. The number of fused-ring (bicyclic) bond motifs is 1. The minimum atomic E-state index is -0.292. The molecule has 0 saturated heterocycles. The van der Waals surface area contributed by atoms with Crippen molar-refractivity contribution in [1.29, 1.82) is 0 Å². The second-order valence-corrected chi connectivity index (χ2v) is 8.11. The van der Waals surface area contributed by atoms with Gasteiger partial charge in [0.2, 0.25) is 5.91 Å². The predicted molar refractivity (Wildman–Crippen MR) is 110 cm³/mol. The molecule has 2 aromatic heterocycles. The molecule has 0 atom stereocenters. The molecule has 2 heterocycles. The summed E-state index contributed by atoms with van der Waals surface area (Å²) in [7, 11) is 0. The second-order valence-electron chi connectivity index (χ2n) is 5.78. The number of halogens is 1. The monoisotopic (exact) mass is 407 g/mol. The molecule has 0 unspecified atom stereocenters. The Morgan fingerprint density at radius 3 is 2.85 bits per heavy atom. The Bertz CT molecular complexity index is 1040. The Kier molecular flexibility index (Phi) is 5.70. The standard InChI is InChI=1S/C18H18ClN3O2S2/c1-4-12-8-13-16(26-12)21-18(25-3)22(17(13)24)9-15(23)20-14-7-11(19)6-5-10(14)2/h5-8H,4,9H2,1-3H3,(H,20,23).